The number of piperazine rings is 1. The van der Waals surface area contributed by atoms with Crippen molar-refractivity contribution in [2.45, 2.75) is 60.7 Å². The van der Waals surface area contributed by atoms with Crippen LogP contribution in [0.15, 0.2) is 18.7 Å². The maximum atomic E-state index is 13.0. The lowest BCUT2D eigenvalue weighted by Gasteiger charge is -2.60. The molecule has 15 heteroatoms. The highest BCUT2D eigenvalue weighted by Gasteiger charge is 2.57. The molecule has 4 aliphatic heterocycles. The van der Waals surface area contributed by atoms with Crippen molar-refractivity contribution in [2.75, 3.05) is 54.6 Å². The third-order valence-electron chi connectivity index (χ3n) is 9.72. The van der Waals surface area contributed by atoms with Gasteiger partial charge in [0.15, 0.2) is 29.8 Å². The normalized spacial score (nSPS) is 23.8. The number of nitrogens with zero attached hydrogens (tertiary/aromatic N) is 3. The van der Waals surface area contributed by atoms with Crippen LogP contribution in [0.25, 0.3) is 0 Å². The van der Waals surface area contributed by atoms with Crippen molar-refractivity contribution in [1.82, 2.24) is 15.1 Å². The molecule has 4 heterocycles. The Bertz CT molecular complexity index is 1680. The van der Waals surface area contributed by atoms with Crippen molar-refractivity contribution in [3.63, 3.8) is 0 Å². The number of nitriles is 1. The molecule has 0 aliphatic carbocycles. The van der Waals surface area contributed by atoms with Gasteiger partial charge in [0.1, 0.15) is 25.0 Å². The van der Waals surface area contributed by atoms with Crippen molar-refractivity contribution in [2.24, 2.45) is 0 Å². The second-order valence-electron chi connectivity index (χ2n) is 12.5. The first-order valence-electron chi connectivity index (χ1n) is 15.8. The number of carbonyl (C=O) groups is 1. The summed E-state index contributed by atoms with van der Waals surface area (Å²) in [6.07, 6.45) is 1.96. The number of hydrogen-bond donors (Lipinski definition) is 1. The molecule has 12 nitrogen and oxygen atoms in total. The molecule has 1 fully saturated rings. The number of ether oxygens (including phenoxy) is 7. The van der Waals surface area contributed by atoms with Gasteiger partial charge in [0.25, 0.3) is 0 Å². The largest absolute Gasteiger partial charge is 0.493 e. The minimum atomic E-state index is -1.78. The van der Waals surface area contributed by atoms with Crippen LogP contribution in [-0.2, 0) is 22.3 Å². The molecule has 2 unspecified atom stereocenters. The van der Waals surface area contributed by atoms with Crippen molar-refractivity contribution in [3.8, 4) is 34.8 Å². The Labute approximate surface area is 300 Å². The zero-order valence-corrected chi connectivity index (χ0v) is 30.2. The van der Waals surface area contributed by atoms with E-state index in [1.165, 1.54) is 0 Å². The summed E-state index contributed by atoms with van der Waals surface area (Å²) < 4.78 is 39.4. The van der Waals surface area contributed by atoms with E-state index in [-0.39, 0.29) is 44.9 Å². The van der Waals surface area contributed by atoms with Gasteiger partial charge in [-0.25, -0.2) is 4.79 Å². The Balaban J connectivity index is 1.55. The maximum Gasteiger partial charge on any atom is 0.407 e. The second kappa shape index (κ2) is 14.1. The van der Waals surface area contributed by atoms with Gasteiger partial charge in [0.2, 0.25) is 10.6 Å². The van der Waals surface area contributed by atoms with Crippen LogP contribution in [0.1, 0.15) is 45.5 Å². The lowest BCUT2D eigenvalue weighted by molar-refractivity contribution is -0.0731. The maximum absolute atomic E-state index is 13.0. The van der Waals surface area contributed by atoms with E-state index in [1.54, 1.807) is 20.3 Å². The zero-order chi connectivity index (χ0) is 35.2. The van der Waals surface area contributed by atoms with E-state index < -0.39 is 28.6 Å². The SMILES string of the molecule is C=CCOc1c(C)c2c(c3c1CC1C4c5c(cc(C)c(OC)c5OCOC)C[C@@H]([C@H](C#N)N1[C@H]3CNC(=O)OCC(Cl)(Cl)Cl)N4C)OCO2. The number of likely N-dealkylation sites (N-methyl/N-ethyl adjacent to an activating group) is 1. The van der Waals surface area contributed by atoms with Gasteiger partial charge >= 0.3 is 6.09 Å². The first kappa shape index (κ1) is 35.5. The van der Waals surface area contributed by atoms with E-state index in [1.807, 2.05) is 20.9 Å². The van der Waals surface area contributed by atoms with Gasteiger partial charge < -0.3 is 38.5 Å². The molecule has 49 heavy (non-hydrogen) atoms. The van der Waals surface area contributed by atoms with Crippen LogP contribution in [0.4, 0.5) is 4.79 Å². The molecular weight excluding hydrogens is 699 g/mol. The molecule has 1 saturated heterocycles. The molecule has 0 radical (unpaired) electrons. The van der Waals surface area contributed by atoms with E-state index in [9.17, 15) is 10.1 Å². The van der Waals surface area contributed by atoms with Crippen molar-refractivity contribution in [3.05, 3.63) is 52.1 Å². The van der Waals surface area contributed by atoms with Gasteiger partial charge in [0.05, 0.1) is 25.3 Å². The van der Waals surface area contributed by atoms with Crippen molar-refractivity contribution in [1.29, 1.82) is 5.26 Å². The fraction of sp³-hybridized carbons (Fsp3) is 0.529. The zero-order valence-electron chi connectivity index (χ0n) is 27.9. The van der Waals surface area contributed by atoms with E-state index in [0.29, 0.717) is 41.6 Å². The monoisotopic (exact) mass is 736 g/mol. The molecule has 2 aromatic carbocycles. The molecule has 4 aliphatic rings. The summed E-state index contributed by atoms with van der Waals surface area (Å²) in [6.45, 7) is 7.66. The quantitative estimate of drug-likeness (QED) is 0.190. The van der Waals surface area contributed by atoms with Crippen LogP contribution in [0.3, 0.4) is 0 Å². The highest BCUT2D eigenvalue weighted by atomic mass is 35.6. The molecule has 264 valence electrons. The van der Waals surface area contributed by atoms with Gasteiger partial charge in [-0.3, -0.25) is 9.80 Å². The van der Waals surface area contributed by atoms with E-state index >= 15 is 0 Å². The average Bonchev–Trinajstić information content (AvgIpc) is 3.55. The Hall–Kier alpha value is -3.31. The molecule has 0 saturated carbocycles. The van der Waals surface area contributed by atoms with Crippen LogP contribution in [0.5, 0.6) is 28.7 Å². The lowest BCUT2D eigenvalue weighted by Crippen LogP contribution is -2.68. The summed E-state index contributed by atoms with van der Waals surface area (Å²) in [5.74, 6) is 2.99. The number of nitrogens with one attached hydrogen (secondary N) is 1. The number of methoxy groups -OCH3 is 2. The number of alkyl halides is 3. The number of aryl methyl sites for hydroxylation is 1. The molecule has 0 spiro atoms. The molecule has 1 amide bonds. The third-order valence-corrected chi connectivity index (χ3v) is 10.0. The Kier molecular flexibility index (Phi) is 10.2. The molecule has 2 aromatic rings. The number of benzene rings is 2. The van der Waals surface area contributed by atoms with Crippen LogP contribution in [-0.4, -0.2) is 92.4 Å². The van der Waals surface area contributed by atoms with E-state index in [0.717, 1.165) is 33.4 Å². The first-order valence-corrected chi connectivity index (χ1v) is 17.0. The molecule has 1 N–H and O–H groups in total. The molecule has 6 rings (SSSR count). The number of rotatable bonds is 10. The number of amides is 1. The van der Waals surface area contributed by atoms with E-state index in [4.69, 9.17) is 68.0 Å². The van der Waals surface area contributed by atoms with Gasteiger partial charge in [-0.15, -0.1) is 0 Å². The van der Waals surface area contributed by atoms with Gasteiger partial charge in [-0.1, -0.05) is 53.5 Å². The Morgan fingerprint density at radius 1 is 1.12 bits per heavy atom. The van der Waals surface area contributed by atoms with E-state index in [2.05, 4.69) is 33.8 Å². The van der Waals surface area contributed by atoms with Crippen LogP contribution in [0, 0.1) is 25.2 Å². The number of halogens is 3. The van der Waals surface area contributed by atoms with Gasteiger partial charge in [0, 0.05) is 48.0 Å². The summed E-state index contributed by atoms with van der Waals surface area (Å²) in [7, 11) is 5.24. The van der Waals surface area contributed by atoms with Gasteiger partial charge in [-0.2, -0.15) is 5.26 Å². The van der Waals surface area contributed by atoms with Crippen LogP contribution < -0.4 is 29.0 Å². The summed E-state index contributed by atoms with van der Waals surface area (Å²) in [6, 6.07) is 2.83. The van der Waals surface area contributed by atoms with Gasteiger partial charge in [-0.05, 0) is 44.9 Å². The smallest absolute Gasteiger partial charge is 0.407 e. The predicted octanol–water partition coefficient (Wildman–Crippen LogP) is 5.46. The minimum absolute atomic E-state index is 0.0186. The third kappa shape index (κ3) is 6.30. The number of carbonyl (C=O) groups excluding carboxylic acids is 1. The summed E-state index contributed by atoms with van der Waals surface area (Å²) in [4.78, 5) is 17.4. The molecule has 0 aromatic heterocycles. The predicted molar refractivity (Wildman–Crippen MR) is 182 cm³/mol. The van der Waals surface area contributed by atoms with Crippen LogP contribution >= 0.6 is 34.8 Å². The molecule has 5 atom stereocenters. The topological polar surface area (TPSA) is 124 Å². The second-order valence-corrected chi connectivity index (χ2v) is 15.0. The standard InChI is InChI=1S/C34H39Cl3N4O8/c1-7-8-45-29-18(3)30-32(49-16-48-30)26-20(29)11-22-27-25-19(9-17(2)28(44-6)31(25)47-15-43-5)10-21(40(27)4)23(12-38)41(22)24(26)13-39-33(42)46-14-34(35,36)37/h7,9,21-24,27H,1,8,10-11,13-16H2,2-6H3,(H,39,42)/t21-,22?,23-,24-,27?/m0/s1. The van der Waals surface area contributed by atoms with Crippen LogP contribution in [0.2, 0.25) is 0 Å². The Morgan fingerprint density at radius 2 is 1.88 bits per heavy atom. The lowest BCUT2D eigenvalue weighted by atomic mass is 9.71. The van der Waals surface area contributed by atoms with Crippen molar-refractivity contribution < 1.29 is 38.0 Å². The minimum Gasteiger partial charge on any atom is -0.493 e. The molecule has 2 bridgehead atoms. The highest BCUT2D eigenvalue weighted by molar-refractivity contribution is 6.67. The number of alkyl carbamates (subject to hydrolysis) is 1. The Morgan fingerprint density at radius 3 is 2.55 bits per heavy atom. The number of hydrogen-bond acceptors (Lipinski definition) is 11. The summed E-state index contributed by atoms with van der Waals surface area (Å²) >= 11 is 17.5. The first-order chi connectivity index (χ1) is 23.4. The number of fused-ring (bicyclic) bond motifs is 9. The summed E-state index contributed by atoms with van der Waals surface area (Å²) in [5, 5.41) is 13.8. The van der Waals surface area contributed by atoms with Crippen molar-refractivity contribution >= 4 is 40.9 Å². The molecular formula is C34H39Cl3N4O8. The average molecular weight is 738 g/mol. The fourth-order valence-electron chi connectivity index (χ4n) is 7.98. The fourth-order valence-corrected chi connectivity index (χ4v) is 8.15. The highest BCUT2D eigenvalue weighted by Crippen LogP contribution is 2.58. The summed E-state index contributed by atoms with van der Waals surface area (Å²) in [5.41, 5.74) is 5.43.